The predicted molar refractivity (Wildman–Crippen MR) is 132 cm³/mol. The highest BCUT2D eigenvalue weighted by molar-refractivity contribution is 5.97. The molecule has 35 heavy (non-hydrogen) atoms. The Morgan fingerprint density at radius 2 is 1.60 bits per heavy atom. The summed E-state index contributed by atoms with van der Waals surface area (Å²) >= 11 is 0. The molecule has 0 aliphatic heterocycles. The number of hydrogen-bond acceptors (Lipinski definition) is 7. The van der Waals surface area contributed by atoms with Crippen LogP contribution < -0.4 is 14.2 Å². The Bertz CT molecular complexity index is 1190. The molecule has 7 nitrogen and oxygen atoms in total. The molecule has 3 aromatic rings. The minimum absolute atomic E-state index is 0.0442. The molecule has 0 aliphatic rings. The van der Waals surface area contributed by atoms with Crippen LogP contribution in [0.3, 0.4) is 0 Å². The van der Waals surface area contributed by atoms with Gasteiger partial charge in [-0.15, -0.1) is 0 Å². The molecule has 0 fully saturated rings. The minimum atomic E-state index is -0.655. The summed E-state index contributed by atoms with van der Waals surface area (Å²) in [5, 5.41) is 10.4. The van der Waals surface area contributed by atoms with Crippen LogP contribution in [-0.2, 0) is 11.3 Å². The van der Waals surface area contributed by atoms with E-state index in [2.05, 4.69) is 0 Å². The maximum atomic E-state index is 13.1. The third kappa shape index (κ3) is 5.93. The van der Waals surface area contributed by atoms with Gasteiger partial charge in [0.15, 0.2) is 0 Å². The number of carbonyl (C=O) groups excluding carboxylic acids is 2. The first-order chi connectivity index (χ1) is 16.8. The van der Waals surface area contributed by atoms with Crippen LogP contribution in [0.5, 0.6) is 23.0 Å². The number of aromatic hydroxyl groups is 1. The highest BCUT2D eigenvalue weighted by Crippen LogP contribution is 2.36. The lowest BCUT2D eigenvalue weighted by Gasteiger charge is -2.18. The Kier molecular flexibility index (Phi) is 8.36. The molecule has 0 heterocycles. The van der Waals surface area contributed by atoms with E-state index in [1.165, 1.54) is 19.2 Å². The van der Waals surface area contributed by atoms with E-state index in [0.29, 0.717) is 41.2 Å². The van der Waals surface area contributed by atoms with E-state index >= 15 is 0 Å². The lowest BCUT2D eigenvalue weighted by molar-refractivity contribution is 0.0501. The lowest BCUT2D eigenvalue weighted by atomic mass is 10.0. The lowest BCUT2D eigenvalue weighted by Crippen LogP contribution is -2.14. The molecule has 0 spiro atoms. The number of phenols is 1. The van der Waals surface area contributed by atoms with Gasteiger partial charge in [0, 0.05) is 11.6 Å². The summed E-state index contributed by atoms with van der Waals surface area (Å²) in [6, 6.07) is 14.3. The largest absolute Gasteiger partial charge is 0.507 e. The number of esters is 2. The second kappa shape index (κ2) is 11.4. The summed E-state index contributed by atoms with van der Waals surface area (Å²) in [7, 11) is 1.48. The van der Waals surface area contributed by atoms with Crippen molar-refractivity contribution in [1.29, 1.82) is 0 Å². The van der Waals surface area contributed by atoms with Crippen LogP contribution in [0.1, 0.15) is 56.3 Å². The van der Waals surface area contributed by atoms with E-state index in [1.54, 1.807) is 19.9 Å². The molecule has 184 valence electrons. The third-order valence-electron chi connectivity index (χ3n) is 5.46. The average Bonchev–Trinajstić information content (AvgIpc) is 2.82. The molecule has 0 saturated heterocycles. The second-order valence-corrected chi connectivity index (χ2v) is 8.16. The Hall–Kier alpha value is -4.00. The Morgan fingerprint density at radius 3 is 2.23 bits per heavy atom. The molecule has 3 rings (SSSR count). The van der Waals surface area contributed by atoms with Gasteiger partial charge in [-0.25, -0.2) is 9.59 Å². The van der Waals surface area contributed by atoms with Crippen LogP contribution in [0, 0.1) is 20.8 Å². The molecule has 3 aromatic carbocycles. The number of hydrogen-bond donors (Lipinski definition) is 1. The van der Waals surface area contributed by atoms with Crippen LogP contribution >= 0.6 is 0 Å². The predicted octanol–water partition coefficient (Wildman–Crippen LogP) is 5.69. The average molecular weight is 479 g/mol. The number of carbonyl (C=O) groups is 2. The van der Waals surface area contributed by atoms with E-state index in [1.807, 2.05) is 44.2 Å². The van der Waals surface area contributed by atoms with Crippen molar-refractivity contribution in [3.8, 4) is 23.0 Å². The molecular weight excluding hydrogens is 448 g/mol. The molecule has 0 saturated carbocycles. The van der Waals surface area contributed by atoms with Crippen molar-refractivity contribution in [1.82, 2.24) is 0 Å². The van der Waals surface area contributed by atoms with Gasteiger partial charge < -0.3 is 24.1 Å². The van der Waals surface area contributed by atoms with Crippen LogP contribution in [0.25, 0.3) is 0 Å². The van der Waals surface area contributed by atoms with E-state index in [4.69, 9.17) is 18.9 Å². The summed E-state index contributed by atoms with van der Waals surface area (Å²) in [5.41, 5.74) is 3.02. The van der Waals surface area contributed by atoms with Crippen LogP contribution in [0.15, 0.2) is 48.5 Å². The van der Waals surface area contributed by atoms with Crippen molar-refractivity contribution in [2.75, 3.05) is 13.7 Å². The first-order valence-electron chi connectivity index (χ1n) is 11.3. The first-order valence-corrected chi connectivity index (χ1v) is 11.3. The van der Waals surface area contributed by atoms with Gasteiger partial charge in [0.25, 0.3) is 0 Å². The quantitative estimate of drug-likeness (QED) is 0.312. The fourth-order valence-electron chi connectivity index (χ4n) is 3.74. The van der Waals surface area contributed by atoms with Gasteiger partial charge in [0.1, 0.15) is 40.7 Å². The van der Waals surface area contributed by atoms with Crippen molar-refractivity contribution >= 4 is 11.9 Å². The SMILES string of the molecule is CCCOC(=O)c1c(C)cc(OC(=O)c2c(C)cc(OCc3ccccc3)c(C)c2OC)cc1O. The van der Waals surface area contributed by atoms with Crippen LogP contribution in [0.2, 0.25) is 0 Å². The number of methoxy groups -OCH3 is 1. The Labute approximate surface area is 205 Å². The number of aryl methyl sites for hydroxylation is 2. The van der Waals surface area contributed by atoms with E-state index < -0.39 is 11.9 Å². The van der Waals surface area contributed by atoms with E-state index in [9.17, 15) is 14.7 Å². The standard InChI is InChI=1S/C28H30O7/c1-6-12-33-27(30)24-17(2)13-21(15-22(24)29)35-28(31)25-18(3)14-23(19(4)26(25)32-5)34-16-20-10-8-7-9-11-20/h7-11,13-15,29H,6,12,16H2,1-5H3. The Balaban J connectivity index is 1.85. The monoisotopic (exact) mass is 478 g/mol. The molecule has 7 heteroatoms. The highest BCUT2D eigenvalue weighted by atomic mass is 16.5. The van der Waals surface area contributed by atoms with Crippen LogP contribution in [0.4, 0.5) is 0 Å². The van der Waals surface area contributed by atoms with Crippen molar-refractivity contribution < 1.29 is 33.6 Å². The normalized spacial score (nSPS) is 10.5. The molecule has 1 N–H and O–H groups in total. The minimum Gasteiger partial charge on any atom is -0.507 e. The Morgan fingerprint density at radius 1 is 0.914 bits per heavy atom. The van der Waals surface area contributed by atoms with Gasteiger partial charge >= 0.3 is 11.9 Å². The van der Waals surface area contributed by atoms with Gasteiger partial charge in [-0.05, 0) is 56.0 Å². The molecule has 0 aromatic heterocycles. The summed E-state index contributed by atoms with van der Waals surface area (Å²) < 4.78 is 22.2. The zero-order valence-electron chi connectivity index (χ0n) is 20.6. The van der Waals surface area contributed by atoms with Gasteiger partial charge in [-0.1, -0.05) is 37.3 Å². The van der Waals surface area contributed by atoms with E-state index in [0.717, 1.165) is 5.56 Å². The third-order valence-corrected chi connectivity index (χ3v) is 5.46. The fraction of sp³-hybridized carbons (Fsp3) is 0.286. The topological polar surface area (TPSA) is 91.3 Å². The zero-order valence-corrected chi connectivity index (χ0v) is 20.6. The second-order valence-electron chi connectivity index (χ2n) is 8.16. The first kappa shape index (κ1) is 25.6. The van der Waals surface area contributed by atoms with Crippen molar-refractivity contribution in [2.45, 2.75) is 40.7 Å². The molecule has 0 atom stereocenters. The smallest absolute Gasteiger partial charge is 0.347 e. The summed E-state index contributed by atoms with van der Waals surface area (Å²) in [6.07, 6.45) is 0.665. The van der Waals surface area contributed by atoms with Gasteiger partial charge in [0.2, 0.25) is 0 Å². The molecule has 0 bridgehead atoms. The molecule has 0 amide bonds. The van der Waals surface area contributed by atoms with Gasteiger partial charge in [-0.2, -0.15) is 0 Å². The number of benzene rings is 3. The summed E-state index contributed by atoms with van der Waals surface area (Å²) in [5.74, 6) is -0.558. The number of phenolic OH excluding ortho intramolecular Hbond substituents is 1. The molecule has 0 unspecified atom stereocenters. The highest BCUT2D eigenvalue weighted by Gasteiger charge is 2.24. The summed E-state index contributed by atoms with van der Waals surface area (Å²) in [6.45, 7) is 7.71. The van der Waals surface area contributed by atoms with Gasteiger partial charge in [-0.3, -0.25) is 0 Å². The van der Waals surface area contributed by atoms with Gasteiger partial charge in [0.05, 0.1) is 13.7 Å². The maximum Gasteiger partial charge on any atom is 0.347 e. The number of rotatable bonds is 9. The van der Waals surface area contributed by atoms with Crippen LogP contribution in [-0.4, -0.2) is 30.8 Å². The summed E-state index contributed by atoms with van der Waals surface area (Å²) in [4.78, 5) is 25.3. The van der Waals surface area contributed by atoms with Crippen molar-refractivity contribution in [3.05, 3.63) is 81.9 Å². The molecule has 0 radical (unpaired) electrons. The molecule has 0 aliphatic carbocycles. The zero-order chi connectivity index (χ0) is 25.5. The van der Waals surface area contributed by atoms with Crippen molar-refractivity contribution in [3.63, 3.8) is 0 Å². The molecular formula is C28H30O7. The fourth-order valence-corrected chi connectivity index (χ4v) is 3.74. The number of ether oxygens (including phenoxy) is 4. The maximum absolute atomic E-state index is 13.1. The van der Waals surface area contributed by atoms with Crippen molar-refractivity contribution in [2.24, 2.45) is 0 Å². The van der Waals surface area contributed by atoms with E-state index in [-0.39, 0.29) is 29.2 Å².